The Morgan fingerprint density at radius 1 is 1.40 bits per heavy atom. The molecule has 84 valence electrons. The number of hydrogen-bond acceptors (Lipinski definition) is 3. The lowest BCUT2D eigenvalue weighted by Crippen LogP contribution is -2.26. The third-order valence-electron chi connectivity index (χ3n) is 3.05. The molecule has 1 aromatic rings. The number of aromatic nitrogens is 1. The van der Waals surface area contributed by atoms with Crippen LogP contribution in [0.1, 0.15) is 47.7 Å². The molecular formula is C12H20N2S. The number of rotatable bonds is 3. The van der Waals surface area contributed by atoms with Gasteiger partial charge >= 0.3 is 0 Å². The summed E-state index contributed by atoms with van der Waals surface area (Å²) in [7, 11) is 0. The van der Waals surface area contributed by atoms with E-state index in [-0.39, 0.29) is 0 Å². The Labute approximate surface area is 96.1 Å². The SMILES string of the molecule is CCCc1nc(C)c(C2CCNCC2)s1. The van der Waals surface area contributed by atoms with E-state index in [0.29, 0.717) is 0 Å². The molecule has 1 aliphatic heterocycles. The van der Waals surface area contributed by atoms with Gasteiger partial charge in [0.2, 0.25) is 0 Å². The zero-order valence-electron chi connectivity index (χ0n) is 9.68. The van der Waals surface area contributed by atoms with Crippen molar-refractivity contribution in [2.24, 2.45) is 0 Å². The zero-order chi connectivity index (χ0) is 10.7. The van der Waals surface area contributed by atoms with Gasteiger partial charge in [0.05, 0.1) is 10.7 Å². The van der Waals surface area contributed by atoms with E-state index in [4.69, 9.17) is 0 Å². The quantitative estimate of drug-likeness (QED) is 0.854. The first kappa shape index (κ1) is 11.1. The van der Waals surface area contributed by atoms with Crippen LogP contribution in [-0.4, -0.2) is 18.1 Å². The van der Waals surface area contributed by atoms with Crippen molar-refractivity contribution in [2.45, 2.75) is 45.4 Å². The highest BCUT2D eigenvalue weighted by molar-refractivity contribution is 7.11. The fraction of sp³-hybridized carbons (Fsp3) is 0.750. The molecule has 1 saturated heterocycles. The Morgan fingerprint density at radius 3 is 2.80 bits per heavy atom. The van der Waals surface area contributed by atoms with E-state index in [9.17, 15) is 0 Å². The maximum atomic E-state index is 4.67. The molecule has 2 nitrogen and oxygen atoms in total. The van der Waals surface area contributed by atoms with Gasteiger partial charge in [-0.15, -0.1) is 11.3 Å². The van der Waals surface area contributed by atoms with Gasteiger partial charge < -0.3 is 5.32 Å². The van der Waals surface area contributed by atoms with Crippen molar-refractivity contribution < 1.29 is 0 Å². The number of thiazole rings is 1. The minimum absolute atomic E-state index is 0.773. The highest BCUT2D eigenvalue weighted by Crippen LogP contribution is 2.32. The summed E-state index contributed by atoms with van der Waals surface area (Å²) in [5.74, 6) is 0.773. The molecular weight excluding hydrogens is 204 g/mol. The van der Waals surface area contributed by atoms with Crippen molar-refractivity contribution in [3.63, 3.8) is 0 Å². The number of piperidine rings is 1. The molecule has 1 fully saturated rings. The van der Waals surface area contributed by atoms with Crippen LogP contribution in [0.2, 0.25) is 0 Å². The summed E-state index contributed by atoms with van der Waals surface area (Å²) >= 11 is 1.95. The second kappa shape index (κ2) is 5.08. The fourth-order valence-corrected chi connectivity index (χ4v) is 3.59. The number of hydrogen-bond donors (Lipinski definition) is 1. The van der Waals surface area contributed by atoms with Crippen molar-refractivity contribution in [1.29, 1.82) is 0 Å². The van der Waals surface area contributed by atoms with E-state index in [1.807, 2.05) is 11.3 Å². The summed E-state index contributed by atoms with van der Waals surface area (Å²) in [6.07, 6.45) is 4.93. The zero-order valence-corrected chi connectivity index (χ0v) is 10.5. The van der Waals surface area contributed by atoms with E-state index in [1.54, 1.807) is 4.88 Å². The van der Waals surface area contributed by atoms with Crippen LogP contribution in [0.4, 0.5) is 0 Å². The molecule has 2 heterocycles. The van der Waals surface area contributed by atoms with E-state index in [2.05, 4.69) is 24.1 Å². The summed E-state index contributed by atoms with van der Waals surface area (Å²) < 4.78 is 0. The molecule has 1 N–H and O–H groups in total. The average Bonchev–Trinajstić information content (AvgIpc) is 2.61. The molecule has 2 rings (SSSR count). The largest absolute Gasteiger partial charge is 0.317 e. The summed E-state index contributed by atoms with van der Waals surface area (Å²) in [5, 5.41) is 4.76. The van der Waals surface area contributed by atoms with Gasteiger partial charge in [-0.25, -0.2) is 4.98 Å². The second-order valence-corrected chi connectivity index (χ2v) is 5.45. The first-order chi connectivity index (χ1) is 7.31. The van der Waals surface area contributed by atoms with E-state index < -0.39 is 0 Å². The minimum Gasteiger partial charge on any atom is -0.317 e. The molecule has 3 heteroatoms. The Balaban J connectivity index is 2.11. The van der Waals surface area contributed by atoms with Gasteiger partial charge in [-0.2, -0.15) is 0 Å². The van der Waals surface area contributed by atoms with E-state index in [1.165, 1.54) is 43.1 Å². The summed E-state index contributed by atoms with van der Waals surface area (Å²) in [6, 6.07) is 0. The average molecular weight is 224 g/mol. The van der Waals surface area contributed by atoms with Gasteiger partial charge in [-0.3, -0.25) is 0 Å². The first-order valence-corrected chi connectivity index (χ1v) is 6.79. The smallest absolute Gasteiger partial charge is 0.0930 e. The molecule has 0 bridgehead atoms. The van der Waals surface area contributed by atoms with Crippen LogP contribution in [0.5, 0.6) is 0 Å². The van der Waals surface area contributed by atoms with Crippen molar-refractivity contribution in [3.8, 4) is 0 Å². The van der Waals surface area contributed by atoms with Gasteiger partial charge in [-0.05, 0) is 51.6 Å². The lowest BCUT2D eigenvalue weighted by atomic mass is 9.96. The monoisotopic (exact) mass is 224 g/mol. The van der Waals surface area contributed by atoms with Crippen molar-refractivity contribution in [1.82, 2.24) is 10.3 Å². The van der Waals surface area contributed by atoms with Gasteiger partial charge in [0.1, 0.15) is 0 Å². The van der Waals surface area contributed by atoms with Crippen LogP contribution >= 0.6 is 11.3 Å². The second-order valence-electron chi connectivity index (χ2n) is 4.33. The maximum Gasteiger partial charge on any atom is 0.0930 e. The van der Waals surface area contributed by atoms with E-state index in [0.717, 1.165) is 12.3 Å². The lowest BCUT2D eigenvalue weighted by Gasteiger charge is -2.21. The maximum absolute atomic E-state index is 4.67. The van der Waals surface area contributed by atoms with Crippen LogP contribution in [0.25, 0.3) is 0 Å². The van der Waals surface area contributed by atoms with Crippen LogP contribution in [0.3, 0.4) is 0 Å². The topological polar surface area (TPSA) is 24.9 Å². The highest BCUT2D eigenvalue weighted by atomic mass is 32.1. The molecule has 0 aromatic carbocycles. The van der Waals surface area contributed by atoms with Crippen molar-refractivity contribution >= 4 is 11.3 Å². The van der Waals surface area contributed by atoms with Crippen molar-refractivity contribution in [3.05, 3.63) is 15.6 Å². The van der Waals surface area contributed by atoms with Crippen LogP contribution in [-0.2, 0) is 6.42 Å². The Kier molecular flexibility index (Phi) is 3.76. The van der Waals surface area contributed by atoms with Gasteiger partial charge in [0.25, 0.3) is 0 Å². The molecule has 0 saturated carbocycles. The Hall–Kier alpha value is -0.410. The molecule has 0 atom stereocenters. The van der Waals surface area contributed by atoms with Gasteiger partial charge in [-0.1, -0.05) is 6.92 Å². The predicted octanol–water partition coefficient (Wildman–Crippen LogP) is 2.87. The third kappa shape index (κ3) is 2.58. The molecule has 1 aromatic heterocycles. The summed E-state index contributed by atoms with van der Waals surface area (Å²) in [6.45, 7) is 6.74. The van der Waals surface area contributed by atoms with Crippen LogP contribution in [0, 0.1) is 6.92 Å². The molecule has 0 aliphatic carbocycles. The Bertz CT molecular complexity index is 313. The third-order valence-corrected chi connectivity index (χ3v) is 4.43. The minimum atomic E-state index is 0.773. The Morgan fingerprint density at radius 2 is 2.13 bits per heavy atom. The van der Waals surface area contributed by atoms with Gasteiger partial charge in [0, 0.05) is 4.88 Å². The van der Waals surface area contributed by atoms with Crippen molar-refractivity contribution in [2.75, 3.05) is 13.1 Å². The predicted molar refractivity (Wildman–Crippen MR) is 65.7 cm³/mol. The molecule has 15 heavy (non-hydrogen) atoms. The number of aryl methyl sites for hydroxylation is 2. The number of nitrogens with one attached hydrogen (secondary N) is 1. The van der Waals surface area contributed by atoms with Gasteiger partial charge in [0.15, 0.2) is 0 Å². The first-order valence-electron chi connectivity index (χ1n) is 5.98. The molecule has 0 unspecified atom stereocenters. The normalized spacial score (nSPS) is 18.3. The van der Waals surface area contributed by atoms with Crippen LogP contribution in [0.15, 0.2) is 0 Å². The molecule has 0 amide bonds. The molecule has 1 aliphatic rings. The van der Waals surface area contributed by atoms with E-state index >= 15 is 0 Å². The highest BCUT2D eigenvalue weighted by Gasteiger charge is 2.20. The van der Waals surface area contributed by atoms with Crippen LogP contribution < -0.4 is 5.32 Å². The summed E-state index contributed by atoms with van der Waals surface area (Å²) in [4.78, 5) is 6.23. The lowest BCUT2D eigenvalue weighted by molar-refractivity contribution is 0.463. The fourth-order valence-electron chi connectivity index (χ4n) is 2.25. The number of nitrogens with zero attached hydrogens (tertiary/aromatic N) is 1. The standard InChI is InChI=1S/C12H20N2S/c1-3-4-11-14-9(2)12(15-11)10-5-7-13-8-6-10/h10,13H,3-8H2,1-2H3. The molecule has 0 radical (unpaired) electrons. The molecule has 0 spiro atoms. The summed E-state index contributed by atoms with van der Waals surface area (Å²) in [5.41, 5.74) is 1.29.